The first-order valence-electron chi connectivity index (χ1n) is 7.05. The molecule has 1 N–H and O–H groups in total. The molecule has 1 saturated heterocycles. The topological polar surface area (TPSA) is 72.5 Å². The fourth-order valence-corrected chi connectivity index (χ4v) is 2.31. The van der Waals surface area contributed by atoms with E-state index < -0.39 is 23.4 Å². The molecule has 0 aromatic heterocycles. The van der Waals surface area contributed by atoms with Gasteiger partial charge in [-0.3, -0.25) is 19.7 Å². The Morgan fingerprint density at radius 3 is 2.48 bits per heavy atom. The summed E-state index contributed by atoms with van der Waals surface area (Å²) in [4.78, 5) is 35.8. The highest BCUT2D eigenvalue weighted by atomic mass is 16.6. The molecule has 2 amide bonds. The lowest BCUT2D eigenvalue weighted by Gasteiger charge is -2.26. The highest BCUT2D eigenvalue weighted by Crippen LogP contribution is 2.34. The minimum atomic E-state index is -1.52. The van der Waals surface area contributed by atoms with Crippen LogP contribution in [-0.4, -0.2) is 17.8 Å². The first-order valence-corrected chi connectivity index (χ1v) is 7.05. The minimum Gasteiger partial charge on any atom is -0.443 e. The number of carbonyl (C=O) groups is 3. The molecule has 1 heterocycles. The Kier molecular flexibility index (Phi) is 4.40. The molecule has 2 rings (SSSR count). The van der Waals surface area contributed by atoms with E-state index in [1.807, 2.05) is 13.8 Å². The van der Waals surface area contributed by atoms with Crippen LogP contribution in [0.5, 0.6) is 0 Å². The minimum absolute atomic E-state index is 0.163. The molecule has 21 heavy (non-hydrogen) atoms. The van der Waals surface area contributed by atoms with Crippen molar-refractivity contribution in [3.63, 3.8) is 0 Å². The third-order valence-electron chi connectivity index (χ3n) is 3.48. The van der Waals surface area contributed by atoms with Crippen LogP contribution in [0, 0.1) is 5.92 Å². The molecule has 0 aliphatic carbocycles. The molecule has 0 spiro atoms. The van der Waals surface area contributed by atoms with Crippen LogP contribution < -0.4 is 5.32 Å². The van der Waals surface area contributed by atoms with Gasteiger partial charge in [0.25, 0.3) is 5.91 Å². The standard InChI is InChI=1S/C16H19NO4/c1-11(2)8-9-14(19)21-16(10-13(18)17-15(16)20)12-6-4-3-5-7-12/h3-7,11H,8-10H2,1-2H3,(H,17,18,20). The van der Waals surface area contributed by atoms with Gasteiger partial charge in [-0.25, -0.2) is 0 Å². The molecular weight excluding hydrogens is 270 g/mol. The van der Waals surface area contributed by atoms with Crippen molar-refractivity contribution in [3.8, 4) is 0 Å². The maximum absolute atomic E-state index is 12.2. The van der Waals surface area contributed by atoms with Crippen molar-refractivity contribution in [2.45, 2.75) is 38.7 Å². The zero-order valence-corrected chi connectivity index (χ0v) is 12.2. The van der Waals surface area contributed by atoms with Crippen LogP contribution in [0.25, 0.3) is 0 Å². The van der Waals surface area contributed by atoms with E-state index in [0.717, 1.165) is 0 Å². The first-order chi connectivity index (χ1) is 9.94. The lowest BCUT2D eigenvalue weighted by Crippen LogP contribution is -2.40. The van der Waals surface area contributed by atoms with E-state index in [9.17, 15) is 14.4 Å². The van der Waals surface area contributed by atoms with Gasteiger partial charge in [-0.15, -0.1) is 0 Å². The summed E-state index contributed by atoms with van der Waals surface area (Å²) in [6.07, 6.45) is 0.746. The van der Waals surface area contributed by atoms with E-state index >= 15 is 0 Å². The summed E-state index contributed by atoms with van der Waals surface area (Å²) in [7, 11) is 0. The Hall–Kier alpha value is -2.17. The third kappa shape index (κ3) is 3.29. The molecule has 0 bridgehead atoms. The van der Waals surface area contributed by atoms with E-state index in [0.29, 0.717) is 17.9 Å². The first kappa shape index (κ1) is 15.2. The smallest absolute Gasteiger partial charge is 0.307 e. The van der Waals surface area contributed by atoms with Crippen LogP contribution in [-0.2, 0) is 24.7 Å². The second-order valence-electron chi connectivity index (χ2n) is 5.65. The summed E-state index contributed by atoms with van der Waals surface area (Å²) in [5.74, 6) is -1.10. The number of ether oxygens (including phenoxy) is 1. The summed E-state index contributed by atoms with van der Waals surface area (Å²) in [6.45, 7) is 4.01. The largest absolute Gasteiger partial charge is 0.443 e. The van der Waals surface area contributed by atoms with Crippen molar-refractivity contribution < 1.29 is 19.1 Å². The summed E-state index contributed by atoms with van der Waals surface area (Å²) >= 11 is 0. The molecule has 1 aromatic rings. The van der Waals surface area contributed by atoms with E-state index in [1.54, 1.807) is 30.3 Å². The van der Waals surface area contributed by atoms with Gasteiger partial charge in [0.05, 0.1) is 6.42 Å². The fraction of sp³-hybridized carbons (Fsp3) is 0.438. The van der Waals surface area contributed by atoms with E-state index in [1.165, 1.54) is 0 Å². The van der Waals surface area contributed by atoms with Gasteiger partial charge in [0.2, 0.25) is 11.5 Å². The molecule has 0 saturated carbocycles. The van der Waals surface area contributed by atoms with Gasteiger partial charge in [-0.2, -0.15) is 0 Å². The lowest BCUT2D eigenvalue weighted by molar-refractivity contribution is -0.167. The third-order valence-corrected chi connectivity index (χ3v) is 3.48. The monoisotopic (exact) mass is 289 g/mol. The van der Waals surface area contributed by atoms with Crippen LogP contribution >= 0.6 is 0 Å². The summed E-state index contributed by atoms with van der Waals surface area (Å²) in [6, 6.07) is 8.67. The maximum atomic E-state index is 12.2. The van der Waals surface area contributed by atoms with Crippen molar-refractivity contribution in [1.82, 2.24) is 5.32 Å². The van der Waals surface area contributed by atoms with Gasteiger partial charge >= 0.3 is 5.97 Å². The van der Waals surface area contributed by atoms with E-state index in [4.69, 9.17) is 4.74 Å². The number of esters is 1. The number of nitrogens with one attached hydrogen (secondary N) is 1. The maximum Gasteiger partial charge on any atom is 0.307 e. The lowest BCUT2D eigenvalue weighted by atomic mass is 9.91. The van der Waals surface area contributed by atoms with Gasteiger partial charge in [0.1, 0.15) is 0 Å². The van der Waals surface area contributed by atoms with Crippen LogP contribution in [0.15, 0.2) is 30.3 Å². The van der Waals surface area contributed by atoms with Crippen molar-refractivity contribution in [1.29, 1.82) is 0 Å². The number of amides is 2. The Morgan fingerprint density at radius 1 is 1.29 bits per heavy atom. The SMILES string of the molecule is CC(C)CCC(=O)OC1(c2ccccc2)CC(=O)NC1=O. The molecule has 5 heteroatoms. The molecule has 1 aliphatic rings. The van der Waals surface area contributed by atoms with E-state index in [2.05, 4.69) is 5.32 Å². The number of rotatable bonds is 5. The summed E-state index contributed by atoms with van der Waals surface area (Å²) in [5.41, 5.74) is -1.00. The molecular formula is C16H19NO4. The predicted octanol–water partition coefficient (Wildman–Crippen LogP) is 1.91. The predicted molar refractivity (Wildman–Crippen MR) is 76.1 cm³/mol. The van der Waals surface area contributed by atoms with Crippen molar-refractivity contribution in [2.24, 2.45) is 5.92 Å². The highest BCUT2D eigenvalue weighted by molar-refractivity contribution is 6.08. The highest BCUT2D eigenvalue weighted by Gasteiger charge is 2.51. The van der Waals surface area contributed by atoms with Crippen molar-refractivity contribution >= 4 is 17.8 Å². The zero-order chi connectivity index (χ0) is 15.5. The number of hydrogen-bond donors (Lipinski definition) is 1. The summed E-state index contributed by atoms with van der Waals surface area (Å²) in [5, 5.41) is 2.22. The van der Waals surface area contributed by atoms with Crippen LogP contribution in [0.3, 0.4) is 0 Å². The zero-order valence-electron chi connectivity index (χ0n) is 12.2. The molecule has 0 radical (unpaired) electrons. The van der Waals surface area contributed by atoms with Gasteiger partial charge in [-0.05, 0) is 12.3 Å². The van der Waals surface area contributed by atoms with Gasteiger partial charge in [0.15, 0.2) is 0 Å². The second kappa shape index (κ2) is 6.08. The number of carbonyl (C=O) groups excluding carboxylic acids is 3. The van der Waals surface area contributed by atoms with Gasteiger partial charge < -0.3 is 4.74 Å². The number of hydrogen-bond acceptors (Lipinski definition) is 4. The Labute approximate surface area is 123 Å². The molecule has 1 fully saturated rings. The summed E-state index contributed by atoms with van der Waals surface area (Å²) < 4.78 is 5.45. The quantitative estimate of drug-likeness (QED) is 0.664. The van der Waals surface area contributed by atoms with Gasteiger partial charge in [-0.1, -0.05) is 44.2 Å². The Morgan fingerprint density at radius 2 is 1.95 bits per heavy atom. The second-order valence-corrected chi connectivity index (χ2v) is 5.65. The number of benzene rings is 1. The van der Waals surface area contributed by atoms with Crippen LogP contribution in [0.4, 0.5) is 0 Å². The molecule has 112 valence electrons. The fourth-order valence-electron chi connectivity index (χ4n) is 2.31. The average Bonchev–Trinajstić information content (AvgIpc) is 2.73. The Balaban J connectivity index is 2.24. The van der Waals surface area contributed by atoms with Crippen molar-refractivity contribution in [2.75, 3.05) is 0 Å². The van der Waals surface area contributed by atoms with Crippen molar-refractivity contribution in [3.05, 3.63) is 35.9 Å². The molecule has 5 nitrogen and oxygen atoms in total. The Bertz CT molecular complexity index is 553. The molecule has 1 aliphatic heterocycles. The number of imide groups is 1. The molecule has 1 unspecified atom stereocenters. The van der Waals surface area contributed by atoms with Crippen LogP contribution in [0.2, 0.25) is 0 Å². The van der Waals surface area contributed by atoms with Crippen LogP contribution in [0.1, 0.15) is 38.7 Å². The average molecular weight is 289 g/mol. The van der Waals surface area contributed by atoms with Gasteiger partial charge in [0, 0.05) is 12.0 Å². The normalized spacial score (nSPS) is 21.5. The molecule has 1 aromatic carbocycles. The van der Waals surface area contributed by atoms with E-state index in [-0.39, 0.29) is 12.8 Å². The molecule has 1 atom stereocenters.